The van der Waals surface area contributed by atoms with Crippen LogP contribution in [0.3, 0.4) is 0 Å². The summed E-state index contributed by atoms with van der Waals surface area (Å²) in [6.45, 7) is 0. The minimum absolute atomic E-state index is 0.0130. The number of hydrogen-bond donors (Lipinski definition) is 1. The average Bonchev–Trinajstić information content (AvgIpc) is 2.83. The van der Waals surface area contributed by atoms with Gasteiger partial charge in [-0.05, 0) is 18.2 Å². The number of nitrogen functional groups attached to an aromatic ring is 1. The Morgan fingerprint density at radius 3 is 3.06 bits per heavy atom. The van der Waals surface area contributed by atoms with E-state index >= 15 is 0 Å². The van der Waals surface area contributed by atoms with Crippen molar-refractivity contribution in [2.24, 2.45) is 11.0 Å². The summed E-state index contributed by atoms with van der Waals surface area (Å²) in [7, 11) is 0. The van der Waals surface area contributed by atoms with Crippen LogP contribution in [0.15, 0.2) is 23.3 Å². The molecule has 6 heteroatoms. The van der Waals surface area contributed by atoms with Gasteiger partial charge in [0.05, 0.1) is 23.0 Å². The van der Waals surface area contributed by atoms with Crippen LogP contribution in [-0.2, 0) is 4.79 Å². The summed E-state index contributed by atoms with van der Waals surface area (Å²) in [6, 6.07) is 5.07. The van der Waals surface area contributed by atoms with Crippen LogP contribution in [0.25, 0.3) is 0 Å². The van der Waals surface area contributed by atoms with Crippen LogP contribution in [0.5, 0.6) is 0 Å². The third-order valence-corrected chi connectivity index (χ3v) is 4.19. The number of carbonyl (C=O) groups is 1. The van der Waals surface area contributed by atoms with Crippen LogP contribution in [-0.4, -0.2) is 23.1 Å². The van der Waals surface area contributed by atoms with E-state index in [1.165, 1.54) is 5.01 Å². The van der Waals surface area contributed by atoms with Gasteiger partial charge in [0.1, 0.15) is 0 Å². The first-order valence-electron chi connectivity index (χ1n) is 5.21. The zero-order chi connectivity index (χ0) is 12.0. The highest BCUT2D eigenvalue weighted by atomic mass is 35.5. The second-order valence-corrected chi connectivity index (χ2v) is 5.48. The number of amides is 1. The van der Waals surface area contributed by atoms with E-state index in [4.69, 9.17) is 17.3 Å². The lowest BCUT2D eigenvalue weighted by Gasteiger charge is -2.15. The summed E-state index contributed by atoms with van der Waals surface area (Å²) in [5, 5.41) is 6.31. The standard InChI is InChI=1S/C11H10ClN3OS/c12-6-1-2-10(8(13)3-6)15-11(16)7-4-17-5-9(7)14-15/h1-3,7H,4-5,13H2. The largest absolute Gasteiger partial charge is 0.397 e. The molecule has 4 nitrogen and oxygen atoms in total. The van der Waals surface area contributed by atoms with Gasteiger partial charge < -0.3 is 5.73 Å². The van der Waals surface area contributed by atoms with Crippen molar-refractivity contribution in [3.8, 4) is 0 Å². The number of thioether (sulfide) groups is 1. The van der Waals surface area contributed by atoms with Crippen molar-refractivity contribution in [3.05, 3.63) is 23.2 Å². The number of nitrogens with two attached hydrogens (primary N) is 1. The normalized spacial score (nSPS) is 22.9. The SMILES string of the molecule is Nc1cc(Cl)ccc1N1N=C2CSCC2C1=O. The Morgan fingerprint density at radius 2 is 2.35 bits per heavy atom. The predicted molar refractivity (Wildman–Crippen MR) is 71.6 cm³/mol. The molecule has 1 saturated heterocycles. The molecular formula is C11H10ClN3OS. The van der Waals surface area contributed by atoms with Crippen LogP contribution >= 0.6 is 23.4 Å². The summed E-state index contributed by atoms with van der Waals surface area (Å²) in [4.78, 5) is 12.1. The lowest BCUT2D eigenvalue weighted by Crippen LogP contribution is -2.27. The highest BCUT2D eigenvalue weighted by molar-refractivity contribution is 8.00. The van der Waals surface area contributed by atoms with Gasteiger partial charge in [-0.3, -0.25) is 4.79 Å². The van der Waals surface area contributed by atoms with Crippen LogP contribution in [0.2, 0.25) is 5.02 Å². The first kappa shape index (κ1) is 10.9. The van der Waals surface area contributed by atoms with E-state index in [2.05, 4.69) is 5.10 Å². The van der Waals surface area contributed by atoms with Crippen molar-refractivity contribution in [1.82, 2.24) is 0 Å². The third-order valence-electron chi connectivity index (χ3n) is 2.89. The van der Waals surface area contributed by atoms with Crippen LogP contribution in [0.1, 0.15) is 0 Å². The Hall–Kier alpha value is -1.20. The molecule has 1 aromatic carbocycles. The molecule has 0 radical (unpaired) electrons. The zero-order valence-corrected chi connectivity index (χ0v) is 10.5. The molecule has 1 amide bonds. The number of hydrazone groups is 1. The number of nitrogens with zero attached hydrogens (tertiary/aromatic N) is 2. The molecule has 1 unspecified atom stereocenters. The number of carbonyl (C=O) groups excluding carboxylic acids is 1. The summed E-state index contributed by atoms with van der Waals surface area (Å²) in [6.07, 6.45) is 0. The number of halogens is 1. The molecule has 17 heavy (non-hydrogen) atoms. The van der Waals surface area contributed by atoms with Gasteiger partial charge in [0.25, 0.3) is 5.91 Å². The maximum atomic E-state index is 12.1. The Balaban J connectivity index is 2.00. The van der Waals surface area contributed by atoms with Crippen molar-refractivity contribution in [1.29, 1.82) is 0 Å². The summed E-state index contributed by atoms with van der Waals surface area (Å²) < 4.78 is 0. The fourth-order valence-corrected chi connectivity index (χ4v) is 3.34. The van der Waals surface area contributed by atoms with Crippen LogP contribution in [0.4, 0.5) is 11.4 Å². The monoisotopic (exact) mass is 267 g/mol. The number of anilines is 2. The molecule has 2 N–H and O–H groups in total. The van der Waals surface area contributed by atoms with E-state index in [9.17, 15) is 4.79 Å². The van der Waals surface area contributed by atoms with E-state index in [0.717, 1.165) is 17.2 Å². The second-order valence-electron chi connectivity index (χ2n) is 4.01. The molecule has 0 aromatic heterocycles. The smallest absolute Gasteiger partial charge is 0.257 e. The Morgan fingerprint density at radius 1 is 1.53 bits per heavy atom. The molecule has 0 aliphatic carbocycles. The van der Waals surface area contributed by atoms with Gasteiger partial charge in [0.2, 0.25) is 0 Å². The van der Waals surface area contributed by atoms with E-state index in [-0.39, 0.29) is 11.8 Å². The molecule has 0 spiro atoms. The summed E-state index contributed by atoms with van der Waals surface area (Å²) >= 11 is 7.58. The van der Waals surface area contributed by atoms with Crippen LogP contribution < -0.4 is 10.7 Å². The van der Waals surface area contributed by atoms with Gasteiger partial charge in [-0.1, -0.05) is 11.6 Å². The van der Waals surface area contributed by atoms with Crippen molar-refractivity contribution in [2.75, 3.05) is 22.2 Å². The number of rotatable bonds is 1. The molecule has 1 aromatic rings. The number of benzene rings is 1. The zero-order valence-electron chi connectivity index (χ0n) is 8.89. The summed E-state index contributed by atoms with van der Waals surface area (Å²) in [5.74, 6) is 1.61. The topological polar surface area (TPSA) is 58.7 Å². The fraction of sp³-hybridized carbons (Fsp3) is 0.273. The predicted octanol–water partition coefficient (Wildman–Crippen LogP) is 1.99. The molecule has 0 bridgehead atoms. The highest BCUT2D eigenvalue weighted by Gasteiger charge is 2.40. The maximum Gasteiger partial charge on any atom is 0.257 e. The molecule has 2 heterocycles. The van der Waals surface area contributed by atoms with E-state index < -0.39 is 0 Å². The molecule has 2 aliphatic rings. The van der Waals surface area contributed by atoms with Gasteiger partial charge >= 0.3 is 0 Å². The van der Waals surface area contributed by atoms with Crippen LogP contribution in [0, 0.1) is 5.92 Å². The van der Waals surface area contributed by atoms with E-state index in [1.807, 2.05) is 0 Å². The molecule has 3 rings (SSSR count). The van der Waals surface area contributed by atoms with E-state index in [1.54, 1.807) is 30.0 Å². The molecule has 1 atom stereocenters. The number of fused-ring (bicyclic) bond motifs is 1. The number of hydrogen-bond acceptors (Lipinski definition) is 4. The minimum Gasteiger partial charge on any atom is -0.397 e. The van der Waals surface area contributed by atoms with Gasteiger partial charge in [0.15, 0.2) is 0 Å². The Bertz CT molecular complexity index is 531. The molecule has 0 saturated carbocycles. The quantitative estimate of drug-likeness (QED) is 0.792. The minimum atomic E-state index is -0.0601. The molecule has 2 aliphatic heterocycles. The highest BCUT2D eigenvalue weighted by Crippen LogP contribution is 2.35. The molecule has 1 fully saturated rings. The van der Waals surface area contributed by atoms with Gasteiger partial charge in [-0.2, -0.15) is 21.9 Å². The lowest BCUT2D eigenvalue weighted by atomic mass is 10.1. The fourth-order valence-electron chi connectivity index (χ4n) is 2.01. The van der Waals surface area contributed by atoms with Crippen molar-refractivity contribution in [2.45, 2.75) is 0 Å². The maximum absolute atomic E-state index is 12.1. The lowest BCUT2D eigenvalue weighted by molar-refractivity contribution is -0.119. The van der Waals surface area contributed by atoms with Crippen molar-refractivity contribution >= 4 is 46.4 Å². The second kappa shape index (κ2) is 3.92. The van der Waals surface area contributed by atoms with Crippen molar-refractivity contribution in [3.63, 3.8) is 0 Å². The summed E-state index contributed by atoms with van der Waals surface area (Å²) in [5.41, 5.74) is 7.91. The Labute approximate surface area is 108 Å². The molecule has 88 valence electrons. The third kappa shape index (κ3) is 1.70. The van der Waals surface area contributed by atoms with E-state index in [0.29, 0.717) is 16.4 Å². The van der Waals surface area contributed by atoms with Gasteiger partial charge in [-0.25, -0.2) is 0 Å². The molecular weight excluding hydrogens is 258 g/mol. The first-order valence-corrected chi connectivity index (χ1v) is 6.74. The van der Waals surface area contributed by atoms with Gasteiger partial charge in [-0.15, -0.1) is 0 Å². The average molecular weight is 268 g/mol. The van der Waals surface area contributed by atoms with Crippen molar-refractivity contribution < 1.29 is 4.79 Å². The first-order chi connectivity index (χ1) is 8.16. The van der Waals surface area contributed by atoms with Gasteiger partial charge in [0, 0.05) is 16.5 Å². The Kier molecular flexibility index (Phi) is 2.52.